The number of para-hydroxylation sites is 1. The maximum absolute atomic E-state index is 12.9. The second-order valence-corrected chi connectivity index (χ2v) is 7.17. The number of esters is 1. The highest BCUT2D eigenvalue weighted by Gasteiger charge is 2.34. The van der Waals surface area contributed by atoms with E-state index in [-0.39, 0.29) is 12.2 Å². The number of hydrogen-bond acceptors (Lipinski definition) is 7. The fraction of sp³-hybridized carbons (Fsp3) is 0.273. The summed E-state index contributed by atoms with van der Waals surface area (Å²) < 4.78 is 10.2. The van der Waals surface area contributed by atoms with E-state index in [9.17, 15) is 9.59 Å². The molecule has 2 aromatic rings. The third-order valence-corrected chi connectivity index (χ3v) is 5.14. The van der Waals surface area contributed by atoms with Crippen LogP contribution in [0.5, 0.6) is 5.75 Å². The van der Waals surface area contributed by atoms with Crippen LogP contribution in [-0.2, 0) is 20.9 Å². The quantitative estimate of drug-likeness (QED) is 0.517. The molecule has 0 aliphatic heterocycles. The van der Waals surface area contributed by atoms with Gasteiger partial charge in [0.15, 0.2) is 5.78 Å². The number of rotatable bonds is 7. The van der Waals surface area contributed by atoms with E-state index >= 15 is 0 Å². The van der Waals surface area contributed by atoms with Gasteiger partial charge < -0.3 is 20.1 Å². The molecule has 1 aliphatic rings. The number of nitrogens with zero attached hydrogens (tertiary/aromatic N) is 1. The Morgan fingerprint density at radius 3 is 2.67 bits per heavy atom. The van der Waals surface area contributed by atoms with Crippen molar-refractivity contribution in [1.82, 2.24) is 10.3 Å². The molecule has 0 fully saturated rings. The van der Waals surface area contributed by atoms with Crippen LogP contribution in [0.25, 0.3) is 0 Å². The maximum Gasteiger partial charge on any atom is 0.309 e. The number of carbonyl (C=O) groups excluding carboxylic acids is 2. The average molecular weight is 426 g/mol. The molecule has 0 saturated heterocycles. The second-order valence-electron chi connectivity index (χ2n) is 6.77. The lowest BCUT2D eigenvalue weighted by Gasteiger charge is -2.26. The lowest BCUT2D eigenvalue weighted by Crippen LogP contribution is -2.35. The first-order chi connectivity index (χ1) is 14.5. The number of benzene rings is 1. The van der Waals surface area contributed by atoms with Crippen LogP contribution >= 0.6 is 12.2 Å². The Hall–Kier alpha value is -3.26. The summed E-state index contributed by atoms with van der Waals surface area (Å²) in [5, 5.41) is 6.40. The Bertz CT molecular complexity index is 975. The van der Waals surface area contributed by atoms with Crippen molar-refractivity contribution in [2.24, 2.45) is 5.92 Å². The molecular weight excluding hydrogens is 402 g/mol. The van der Waals surface area contributed by atoms with Gasteiger partial charge in [-0.25, -0.2) is 0 Å². The van der Waals surface area contributed by atoms with Crippen LogP contribution in [0.2, 0.25) is 0 Å². The molecule has 1 aromatic heterocycles. The molecule has 7 nitrogen and oxygen atoms in total. The molecule has 3 rings (SSSR count). The average Bonchev–Trinajstić information content (AvgIpc) is 2.77. The number of ether oxygens (including phenoxy) is 2. The number of hydrogen-bond donors (Lipinski definition) is 2. The number of nitrogens with one attached hydrogen (secondary N) is 2. The summed E-state index contributed by atoms with van der Waals surface area (Å²) in [6, 6.07) is 11.2. The highest BCUT2D eigenvalue weighted by atomic mass is 32.1. The third-order valence-electron chi connectivity index (χ3n) is 4.84. The van der Waals surface area contributed by atoms with Gasteiger partial charge in [0.05, 0.1) is 31.9 Å². The van der Waals surface area contributed by atoms with Gasteiger partial charge in [0.1, 0.15) is 10.7 Å². The number of ketones is 1. The van der Waals surface area contributed by atoms with E-state index in [0.29, 0.717) is 35.0 Å². The molecule has 2 N–H and O–H groups in total. The third kappa shape index (κ3) is 5.01. The van der Waals surface area contributed by atoms with Gasteiger partial charge in [0, 0.05) is 42.5 Å². The summed E-state index contributed by atoms with van der Waals surface area (Å²) in [5.41, 5.74) is 2.65. The van der Waals surface area contributed by atoms with Crippen LogP contribution in [0.1, 0.15) is 18.4 Å². The first-order valence-electron chi connectivity index (χ1n) is 9.44. The number of pyridine rings is 1. The topological polar surface area (TPSA) is 89.6 Å². The molecule has 1 atom stereocenters. The molecular formula is C22H23N3O4S. The van der Waals surface area contributed by atoms with Crippen LogP contribution in [0, 0.1) is 5.92 Å². The van der Waals surface area contributed by atoms with Crippen molar-refractivity contribution in [3.8, 4) is 5.75 Å². The van der Waals surface area contributed by atoms with Crippen LogP contribution in [-0.4, -0.2) is 35.9 Å². The van der Waals surface area contributed by atoms with Gasteiger partial charge in [-0.15, -0.1) is 0 Å². The Labute approximate surface area is 180 Å². The lowest BCUT2D eigenvalue weighted by atomic mass is 9.85. The van der Waals surface area contributed by atoms with Crippen molar-refractivity contribution in [3.63, 3.8) is 0 Å². The molecule has 0 radical (unpaired) electrons. The molecule has 1 unspecified atom stereocenters. The van der Waals surface area contributed by atoms with Crippen molar-refractivity contribution < 1.29 is 19.1 Å². The van der Waals surface area contributed by atoms with E-state index < -0.39 is 11.9 Å². The zero-order chi connectivity index (χ0) is 21.5. The number of aromatic nitrogens is 1. The highest BCUT2D eigenvalue weighted by Crippen LogP contribution is 2.29. The summed E-state index contributed by atoms with van der Waals surface area (Å²) >= 11 is 5.54. The summed E-state index contributed by atoms with van der Waals surface area (Å²) in [6.45, 7) is 0.389. The molecule has 0 bridgehead atoms. The second kappa shape index (κ2) is 9.98. The SMILES string of the molecule is COC(=O)C1CC(=O)C(C(=S)Nc2ccccc2)=C(NCc2ccncc2OC)C1. The maximum atomic E-state index is 12.9. The number of Topliss-reactive ketones (excluding diaryl/α,β-unsaturated/α-hetero) is 1. The van der Waals surface area contributed by atoms with Crippen molar-refractivity contribution >= 4 is 34.6 Å². The number of thiocarbonyl (C=S) groups is 1. The number of anilines is 1. The molecule has 0 spiro atoms. The van der Waals surface area contributed by atoms with E-state index in [1.807, 2.05) is 36.4 Å². The molecule has 156 valence electrons. The van der Waals surface area contributed by atoms with Gasteiger partial charge in [-0.2, -0.15) is 0 Å². The zero-order valence-corrected chi connectivity index (χ0v) is 17.6. The van der Waals surface area contributed by atoms with E-state index in [4.69, 9.17) is 21.7 Å². The van der Waals surface area contributed by atoms with Crippen LogP contribution in [0.4, 0.5) is 5.69 Å². The number of carbonyl (C=O) groups is 2. The van der Waals surface area contributed by atoms with Crippen LogP contribution in [0.3, 0.4) is 0 Å². The largest absolute Gasteiger partial charge is 0.495 e. The van der Waals surface area contributed by atoms with Crippen LogP contribution < -0.4 is 15.4 Å². The van der Waals surface area contributed by atoms with Gasteiger partial charge >= 0.3 is 5.97 Å². The van der Waals surface area contributed by atoms with Crippen LogP contribution in [0.15, 0.2) is 60.1 Å². The molecule has 0 saturated carbocycles. The van der Waals surface area contributed by atoms with E-state index in [1.165, 1.54) is 7.11 Å². The number of allylic oxidation sites excluding steroid dienone is 1. The van der Waals surface area contributed by atoms with Crippen molar-refractivity contribution in [1.29, 1.82) is 0 Å². The highest BCUT2D eigenvalue weighted by molar-refractivity contribution is 7.81. The standard InChI is InChI=1S/C22H23N3O4S/c1-28-19-13-23-9-8-14(19)12-24-17-10-15(22(27)29-2)11-18(26)20(17)21(30)25-16-6-4-3-5-7-16/h3-9,13,15,24H,10-12H2,1-2H3,(H,25,30). The predicted molar refractivity (Wildman–Crippen MR) is 117 cm³/mol. The van der Waals surface area contributed by atoms with Gasteiger partial charge in [0.2, 0.25) is 0 Å². The minimum atomic E-state index is -0.549. The summed E-state index contributed by atoms with van der Waals surface area (Å²) in [7, 11) is 2.89. The first kappa shape index (κ1) is 21.4. The monoisotopic (exact) mass is 425 g/mol. The molecule has 1 heterocycles. The van der Waals surface area contributed by atoms with Crippen molar-refractivity contribution in [2.45, 2.75) is 19.4 Å². The fourth-order valence-electron chi connectivity index (χ4n) is 3.33. The fourth-order valence-corrected chi connectivity index (χ4v) is 3.68. The predicted octanol–water partition coefficient (Wildman–Crippen LogP) is 3.03. The summed E-state index contributed by atoms with van der Waals surface area (Å²) in [4.78, 5) is 29.4. The molecule has 1 aliphatic carbocycles. The van der Waals surface area contributed by atoms with Gasteiger partial charge in [-0.1, -0.05) is 30.4 Å². The molecule has 0 amide bonds. The normalized spacial score (nSPS) is 16.1. The molecule has 1 aromatic carbocycles. The molecule has 30 heavy (non-hydrogen) atoms. The van der Waals surface area contributed by atoms with Gasteiger partial charge in [-0.05, 0) is 18.2 Å². The summed E-state index contributed by atoms with van der Waals surface area (Å²) in [6.07, 6.45) is 3.68. The van der Waals surface area contributed by atoms with E-state index in [2.05, 4.69) is 15.6 Å². The first-order valence-corrected chi connectivity index (χ1v) is 9.85. The van der Waals surface area contributed by atoms with E-state index in [0.717, 1.165) is 11.3 Å². The van der Waals surface area contributed by atoms with Gasteiger partial charge in [0.25, 0.3) is 0 Å². The molecule has 8 heteroatoms. The summed E-state index contributed by atoms with van der Waals surface area (Å²) in [5.74, 6) is -0.532. The van der Waals surface area contributed by atoms with Crippen molar-refractivity contribution in [3.05, 3.63) is 65.6 Å². The Kier molecular flexibility index (Phi) is 7.13. The Morgan fingerprint density at radius 2 is 1.97 bits per heavy atom. The number of methoxy groups -OCH3 is 2. The minimum Gasteiger partial charge on any atom is -0.495 e. The Balaban J connectivity index is 1.89. The minimum absolute atomic E-state index is 0.0579. The van der Waals surface area contributed by atoms with E-state index in [1.54, 1.807) is 19.5 Å². The smallest absolute Gasteiger partial charge is 0.309 e. The Morgan fingerprint density at radius 1 is 1.20 bits per heavy atom. The van der Waals surface area contributed by atoms with Gasteiger partial charge in [-0.3, -0.25) is 14.6 Å². The zero-order valence-electron chi connectivity index (χ0n) is 16.8. The van der Waals surface area contributed by atoms with Crippen molar-refractivity contribution in [2.75, 3.05) is 19.5 Å². The lowest BCUT2D eigenvalue weighted by molar-refractivity contribution is -0.147.